The molecule has 0 aliphatic carbocycles. The summed E-state index contributed by atoms with van der Waals surface area (Å²) in [6.07, 6.45) is 1.75. The van der Waals surface area contributed by atoms with Crippen LogP contribution >= 0.6 is 0 Å². The van der Waals surface area contributed by atoms with Gasteiger partial charge in [0.2, 0.25) is 5.95 Å². The zero-order valence-electron chi connectivity index (χ0n) is 11.1. The van der Waals surface area contributed by atoms with E-state index in [1.165, 1.54) is 0 Å². The minimum absolute atomic E-state index is 0.474. The number of aryl methyl sites for hydroxylation is 3. The first kappa shape index (κ1) is 11.6. The van der Waals surface area contributed by atoms with Gasteiger partial charge in [-0.25, -0.2) is 15.0 Å². The predicted molar refractivity (Wildman–Crippen MR) is 71.5 cm³/mol. The van der Waals surface area contributed by atoms with Gasteiger partial charge >= 0.3 is 0 Å². The van der Waals surface area contributed by atoms with Gasteiger partial charge in [-0.3, -0.25) is 9.25 Å². The largest absolute Gasteiger partial charge is 0.369 e. The molecule has 0 spiro atoms. The van der Waals surface area contributed by atoms with Crippen LogP contribution in [0.3, 0.4) is 0 Å². The molecule has 0 radical (unpaired) electrons. The van der Waals surface area contributed by atoms with E-state index in [0.29, 0.717) is 12.5 Å². The Hall–Kier alpha value is -2.44. The minimum atomic E-state index is 0.474. The van der Waals surface area contributed by atoms with Crippen LogP contribution in [0, 0.1) is 13.8 Å². The lowest BCUT2D eigenvalue weighted by atomic mass is 10.4. The molecule has 0 saturated carbocycles. The number of anilines is 1. The molecule has 0 atom stereocenters. The fourth-order valence-corrected chi connectivity index (χ4v) is 2.26. The van der Waals surface area contributed by atoms with Gasteiger partial charge in [-0.1, -0.05) is 0 Å². The van der Waals surface area contributed by atoms with Gasteiger partial charge in [-0.15, -0.1) is 0 Å². The summed E-state index contributed by atoms with van der Waals surface area (Å²) >= 11 is 0. The molecule has 0 amide bonds. The van der Waals surface area contributed by atoms with Crippen molar-refractivity contribution < 1.29 is 0 Å². The molecule has 0 aliphatic rings. The summed E-state index contributed by atoms with van der Waals surface area (Å²) in [5.74, 6) is 1.22. The first-order valence-electron chi connectivity index (χ1n) is 6.00. The maximum atomic E-state index is 5.99. The van der Waals surface area contributed by atoms with Crippen molar-refractivity contribution in [1.82, 2.24) is 29.3 Å². The Labute approximate surface area is 110 Å². The lowest BCUT2D eigenvalue weighted by Gasteiger charge is -2.06. The fraction of sp³-hybridized carbons (Fsp3) is 0.333. The molecule has 0 bridgehead atoms. The Balaban J connectivity index is 2.12. The Morgan fingerprint density at radius 2 is 2.05 bits per heavy atom. The van der Waals surface area contributed by atoms with E-state index in [1.807, 2.05) is 31.5 Å². The van der Waals surface area contributed by atoms with Gasteiger partial charge in [-0.2, -0.15) is 5.10 Å². The Morgan fingerprint density at radius 3 is 2.79 bits per heavy atom. The summed E-state index contributed by atoms with van der Waals surface area (Å²) in [5.41, 5.74) is 9.51. The van der Waals surface area contributed by atoms with Crippen LogP contribution in [0.25, 0.3) is 11.2 Å². The first-order valence-corrected chi connectivity index (χ1v) is 6.00. The highest BCUT2D eigenvalue weighted by Crippen LogP contribution is 2.21. The number of nitrogen functional groups attached to an aromatic ring is 1. The van der Waals surface area contributed by atoms with E-state index in [2.05, 4.69) is 20.1 Å². The highest BCUT2D eigenvalue weighted by atomic mass is 15.3. The summed E-state index contributed by atoms with van der Waals surface area (Å²) in [6, 6.07) is 1.88. The lowest BCUT2D eigenvalue weighted by molar-refractivity contribution is 0.715. The summed E-state index contributed by atoms with van der Waals surface area (Å²) in [7, 11) is 1.89. The maximum Gasteiger partial charge on any atom is 0.202 e. The van der Waals surface area contributed by atoms with E-state index >= 15 is 0 Å². The number of fused-ring (bicyclic) bond motifs is 1. The van der Waals surface area contributed by atoms with E-state index in [4.69, 9.17) is 5.73 Å². The smallest absolute Gasteiger partial charge is 0.202 e. The van der Waals surface area contributed by atoms with Crippen molar-refractivity contribution in [3.63, 3.8) is 0 Å². The molecule has 0 unspecified atom stereocenters. The minimum Gasteiger partial charge on any atom is -0.369 e. The molecule has 98 valence electrons. The Bertz CT molecular complexity index is 753. The quantitative estimate of drug-likeness (QED) is 0.734. The topological polar surface area (TPSA) is 87.4 Å². The van der Waals surface area contributed by atoms with Gasteiger partial charge in [0.1, 0.15) is 11.3 Å². The average Bonchev–Trinajstić information content (AvgIpc) is 2.80. The number of aromatic nitrogens is 6. The second-order valence-corrected chi connectivity index (χ2v) is 4.53. The van der Waals surface area contributed by atoms with Crippen molar-refractivity contribution in [3.8, 4) is 0 Å². The van der Waals surface area contributed by atoms with E-state index in [-0.39, 0.29) is 0 Å². The SMILES string of the molecule is Cc1nccc(Cn2c(N)nc3c(C)nn(C)c32)n1. The molecule has 0 aliphatic heterocycles. The van der Waals surface area contributed by atoms with Crippen molar-refractivity contribution >= 4 is 17.1 Å². The van der Waals surface area contributed by atoms with E-state index < -0.39 is 0 Å². The van der Waals surface area contributed by atoms with Gasteiger partial charge in [0.15, 0.2) is 5.65 Å². The highest BCUT2D eigenvalue weighted by molar-refractivity contribution is 5.77. The maximum absolute atomic E-state index is 5.99. The molecular weight excluding hydrogens is 242 g/mol. The molecule has 0 fully saturated rings. The second kappa shape index (κ2) is 4.04. The van der Waals surface area contributed by atoms with Crippen LogP contribution in [0.5, 0.6) is 0 Å². The number of nitrogens with zero attached hydrogens (tertiary/aromatic N) is 6. The number of rotatable bonds is 2. The van der Waals surface area contributed by atoms with Gasteiger partial charge in [-0.05, 0) is 19.9 Å². The third kappa shape index (κ3) is 1.83. The Kier molecular flexibility index (Phi) is 2.48. The molecular formula is C12H15N7. The first-order chi connectivity index (χ1) is 9.06. The standard InChI is InChI=1S/C12H15N7/c1-7-10-11(18(3)17-7)19(12(13)16-10)6-9-4-5-14-8(2)15-9/h4-5H,6H2,1-3H3,(H2,13,16). The van der Waals surface area contributed by atoms with Gasteiger partial charge in [0.05, 0.1) is 17.9 Å². The monoisotopic (exact) mass is 257 g/mol. The number of hydrogen-bond acceptors (Lipinski definition) is 5. The summed E-state index contributed by atoms with van der Waals surface area (Å²) in [5, 5.41) is 4.36. The third-order valence-corrected chi connectivity index (χ3v) is 3.07. The highest BCUT2D eigenvalue weighted by Gasteiger charge is 2.16. The normalized spacial score (nSPS) is 11.3. The van der Waals surface area contributed by atoms with E-state index in [1.54, 1.807) is 10.9 Å². The van der Waals surface area contributed by atoms with Crippen molar-refractivity contribution in [2.75, 3.05) is 5.73 Å². The van der Waals surface area contributed by atoms with E-state index in [0.717, 1.165) is 28.4 Å². The van der Waals surface area contributed by atoms with Crippen molar-refractivity contribution in [2.45, 2.75) is 20.4 Å². The van der Waals surface area contributed by atoms with Crippen molar-refractivity contribution in [2.24, 2.45) is 7.05 Å². The summed E-state index contributed by atoms with van der Waals surface area (Å²) in [6.45, 7) is 4.35. The van der Waals surface area contributed by atoms with Crippen LogP contribution in [0.4, 0.5) is 5.95 Å². The number of imidazole rings is 1. The third-order valence-electron chi connectivity index (χ3n) is 3.07. The van der Waals surface area contributed by atoms with Gasteiger partial charge < -0.3 is 5.73 Å². The van der Waals surface area contributed by atoms with Crippen LogP contribution in [0.15, 0.2) is 12.3 Å². The molecule has 0 saturated heterocycles. The summed E-state index contributed by atoms with van der Waals surface area (Å²) in [4.78, 5) is 12.8. The number of hydrogen-bond donors (Lipinski definition) is 1. The van der Waals surface area contributed by atoms with Crippen LogP contribution in [-0.2, 0) is 13.6 Å². The van der Waals surface area contributed by atoms with Gasteiger partial charge in [0.25, 0.3) is 0 Å². The molecule has 3 rings (SSSR count). The fourth-order valence-electron chi connectivity index (χ4n) is 2.26. The molecule has 7 heteroatoms. The molecule has 3 aromatic heterocycles. The Morgan fingerprint density at radius 1 is 1.26 bits per heavy atom. The zero-order valence-corrected chi connectivity index (χ0v) is 11.1. The predicted octanol–water partition coefficient (Wildman–Crippen LogP) is 0.807. The molecule has 0 aromatic carbocycles. The molecule has 19 heavy (non-hydrogen) atoms. The lowest BCUT2D eigenvalue weighted by Crippen LogP contribution is -2.09. The molecule has 2 N–H and O–H groups in total. The molecule has 3 heterocycles. The molecule has 3 aromatic rings. The van der Waals surface area contributed by atoms with Crippen molar-refractivity contribution in [1.29, 1.82) is 0 Å². The molecule has 7 nitrogen and oxygen atoms in total. The second-order valence-electron chi connectivity index (χ2n) is 4.53. The summed E-state index contributed by atoms with van der Waals surface area (Å²) < 4.78 is 3.71. The van der Waals surface area contributed by atoms with Crippen LogP contribution in [0.2, 0.25) is 0 Å². The van der Waals surface area contributed by atoms with Gasteiger partial charge in [0, 0.05) is 13.2 Å². The van der Waals surface area contributed by atoms with Crippen LogP contribution in [0.1, 0.15) is 17.2 Å². The van der Waals surface area contributed by atoms with Crippen LogP contribution < -0.4 is 5.73 Å². The van der Waals surface area contributed by atoms with E-state index in [9.17, 15) is 0 Å². The number of nitrogens with two attached hydrogens (primary N) is 1. The zero-order chi connectivity index (χ0) is 13.6. The van der Waals surface area contributed by atoms with Crippen molar-refractivity contribution in [3.05, 3.63) is 29.5 Å². The average molecular weight is 257 g/mol. The van der Waals surface area contributed by atoms with Crippen LogP contribution in [-0.4, -0.2) is 29.3 Å².